The molecule has 0 spiro atoms. The van der Waals surface area contributed by atoms with E-state index in [0.717, 1.165) is 18.3 Å². The summed E-state index contributed by atoms with van der Waals surface area (Å²) in [7, 11) is 0. The Morgan fingerprint density at radius 1 is 1.31 bits per heavy atom. The van der Waals surface area contributed by atoms with Gasteiger partial charge in [-0.3, -0.25) is 4.79 Å². The molecule has 2 nitrogen and oxygen atoms in total. The van der Waals surface area contributed by atoms with E-state index in [1.165, 1.54) is 25.7 Å². The summed E-state index contributed by atoms with van der Waals surface area (Å²) in [6, 6.07) is 0.557. The monoisotopic (exact) mass is 181 g/mol. The average molecular weight is 181 g/mol. The van der Waals surface area contributed by atoms with Crippen LogP contribution in [0.2, 0.25) is 0 Å². The van der Waals surface area contributed by atoms with Crippen molar-refractivity contribution in [2.75, 3.05) is 0 Å². The van der Waals surface area contributed by atoms with Crippen molar-refractivity contribution in [3.63, 3.8) is 0 Å². The van der Waals surface area contributed by atoms with Crippen molar-refractivity contribution in [2.45, 2.75) is 51.5 Å². The molecule has 0 saturated heterocycles. The Balaban J connectivity index is 1.75. The van der Waals surface area contributed by atoms with Gasteiger partial charge in [0.25, 0.3) is 0 Å². The first kappa shape index (κ1) is 9.04. The molecule has 2 rings (SSSR count). The summed E-state index contributed by atoms with van der Waals surface area (Å²) in [5.41, 5.74) is 0. The van der Waals surface area contributed by atoms with Gasteiger partial charge in [0.1, 0.15) is 0 Å². The minimum Gasteiger partial charge on any atom is -0.353 e. The van der Waals surface area contributed by atoms with Gasteiger partial charge in [0.05, 0.1) is 0 Å². The number of nitrogens with one attached hydrogen (secondary N) is 1. The molecule has 0 heterocycles. The molecule has 74 valence electrons. The quantitative estimate of drug-likeness (QED) is 0.709. The number of hydrogen-bond donors (Lipinski definition) is 1. The summed E-state index contributed by atoms with van der Waals surface area (Å²) in [5, 5.41) is 3.16. The van der Waals surface area contributed by atoms with E-state index in [4.69, 9.17) is 0 Å². The van der Waals surface area contributed by atoms with Gasteiger partial charge in [-0.2, -0.15) is 0 Å². The zero-order chi connectivity index (χ0) is 9.26. The van der Waals surface area contributed by atoms with Crippen molar-refractivity contribution in [3.8, 4) is 0 Å². The topological polar surface area (TPSA) is 29.1 Å². The molecular formula is C11H19NO. The standard InChI is InChI=1S/C11H19NO/c1-2-5-10(13)12-11-8-6-3-4-7-9(8)11/h8-9,11H,2-7H2,1H3,(H,12,13). The summed E-state index contributed by atoms with van der Waals surface area (Å²) >= 11 is 0. The van der Waals surface area contributed by atoms with E-state index < -0.39 is 0 Å². The summed E-state index contributed by atoms with van der Waals surface area (Å²) in [4.78, 5) is 11.3. The minimum absolute atomic E-state index is 0.266. The molecule has 2 heteroatoms. The van der Waals surface area contributed by atoms with Crippen molar-refractivity contribution >= 4 is 5.91 Å². The van der Waals surface area contributed by atoms with Gasteiger partial charge in [0.2, 0.25) is 5.91 Å². The molecule has 13 heavy (non-hydrogen) atoms. The van der Waals surface area contributed by atoms with Crippen molar-refractivity contribution in [1.82, 2.24) is 5.32 Å². The zero-order valence-corrected chi connectivity index (χ0v) is 8.38. The molecule has 0 bridgehead atoms. The predicted octanol–water partition coefficient (Wildman–Crippen LogP) is 2.09. The van der Waals surface area contributed by atoms with Crippen LogP contribution in [0.4, 0.5) is 0 Å². The second-order valence-electron chi connectivity index (χ2n) is 4.46. The molecule has 1 N–H and O–H groups in total. The maximum atomic E-state index is 11.3. The van der Waals surface area contributed by atoms with E-state index in [1.54, 1.807) is 0 Å². The molecule has 0 aromatic heterocycles. The average Bonchev–Trinajstić information content (AvgIpc) is 2.80. The molecule has 2 unspecified atom stereocenters. The second kappa shape index (κ2) is 3.69. The first-order chi connectivity index (χ1) is 6.33. The highest BCUT2D eigenvalue weighted by atomic mass is 16.1. The fraction of sp³-hybridized carbons (Fsp3) is 0.909. The van der Waals surface area contributed by atoms with Crippen LogP contribution >= 0.6 is 0 Å². The Bertz CT molecular complexity index is 190. The molecule has 0 aliphatic heterocycles. The van der Waals surface area contributed by atoms with Crippen LogP contribution in [0.5, 0.6) is 0 Å². The van der Waals surface area contributed by atoms with Crippen LogP contribution in [0.1, 0.15) is 45.4 Å². The van der Waals surface area contributed by atoms with Crippen molar-refractivity contribution < 1.29 is 4.79 Å². The van der Waals surface area contributed by atoms with E-state index in [-0.39, 0.29) is 5.91 Å². The maximum Gasteiger partial charge on any atom is 0.220 e. The molecule has 1 amide bonds. The Morgan fingerprint density at radius 2 is 1.92 bits per heavy atom. The molecule has 2 aliphatic carbocycles. The smallest absolute Gasteiger partial charge is 0.220 e. The fourth-order valence-corrected chi connectivity index (χ4v) is 2.69. The van der Waals surface area contributed by atoms with Crippen LogP contribution in [0, 0.1) is 11.8 Å². The Hall–Kier alpha value is -0.530. The lowest BCUT2D eigenvalue weighted by molar-refractivity contribution is -0.121. The van der Waals surface area contributed by atoms with Gasteiger partial charge in [-0.25, -0.2) is 0 Å². The summed E-state index contributed by atoms with van der Waals surface area (Å²) < 4.78 is 0. The number of carbonyl (C=O) groups excluding carboxylic acids is 1. The van der Waals surface area contributed by atoms with Gasteiger partial charge in [0.15, 0.2) is 0 Å². The molecule has 2 saturated carbocycles. The van der Waals surface area contributed by atoms with Gasteiger partial charge in [-0.15, -0.1) is 0 Å². The van der Waals surface area contributed by atoms with Crippen molar-refractivity contribution in [3.05, 3.63) is 0 Å². The maximum absolute atomic E-state index is 11.3. The van der Waals surface area contributed by atoms with Crippen LogP contribution in [-0.4, -0.2) is 11.9 Å². The molecule has 0 aromatic carbocycles. The van der Waals surface area contributed by atoms with E-state index in [2.05, 4.69) is 12.2 Å². The second-order valence-corrected chi connectivity index (χ2v) is 4.46. The van der Waals surface area contributed by atoms with E-state index >= 15 is 0 Å². The zero-order valence-electron chi connectivity index (χ0n) is 8.38. The van der Waals surface area contributed by atoms with Crippen LogP contribution in [0.25, 0.3) is 0 Å². The highest BCUT2D eigenvalue weighted by Gasteiger charge is 2.51. The minimum atomic E-state index is 0.266. The molecule has 0 radical (unpaired) electrons. The van der Waals surface area contributed by atoms with Crippen LogP contribution in [0.15, 0.2) is 0 Å². The number of rotatable bonds is 3. The third-order valence-electron chi connectivity index (χ3n) is 3.46. The van der Waals surface area contributed by atoms with Crippen LogP contribution < -0.4 is 5.32 Å². The number of carbonyl (C=O) groups is 1. The van der Waals surface area contributed by atoms with E-state index in [1.807, 2.05) is 0 Å². The first-order valence-corrected chi connectivity index (χ1v) is 5.62. The predicted molar refractivity (Wildman–Crippen MR) is 52.3 cm³/mol. The summed E-state index contributed by atoms with van der Waals surface area (Å²) in [5.74, 6) is 1.95. The number of fused-ring (bicyclic) bond motifs is 1. The Morgan fingerprint density at radius 3 is 2.46 bits per heavy atom. The van der Waals surface area contributed by atoms with Gasteiger partial charge in [-0.1, -0.05) is 19.8 Å². The van der Waals surface area contributed by atoms with Crippen LogP contribution in [0.3, 0.4) is 0 Å². The summed E-state index contributed by atoms with van der Waals surface area (Å²) in [6.45, 7) is 2.06. The molecule has 2 fully saturated rings. The van der Waals surface area contributed by atoms with Gasteiger partial charge >= 0.3 is 0 Å². The highest BCUT2D eigenvalue weighted by molar-refractivity contribution is 5.76. The lowest BCUT2D eigenvalue weighted by Gasteiger charge is -2.04. The lowest BCUT2D eigenvalue weighted by Crippen LogP contribution is -2.27. The van der Waals surface area contributed by atoms with E-state index in [9.17, 15) is 4.79 Å². The molecule has 2 aliphatic rings. The largest absolute Gasteiger partial charge is 0.353 e. The van der Waals surface area contributed by atoms with Gasteiger partial charge in [-0.05, 0) is 31.1 Å². The highest BCUT2D eigenvalue weighted by Crippen LogP contribution is 2.49. The molecule has 0 aromatic rings. The summed E-state index contributed by atoms with van der Waals surface area (Å²) in [6.07, 6.45) is 7.12. The fourth-order valence-electron chi connectivity index (χ4n) is 2.69. The lowest BCUT2D eigenvalue weighted by atomic mass is 10.0. The molecular weight excluding hydrogens is 162 g/mol. The van der Waals surface area contributed by atoms with Gasteiger partial charge in [0, 0.05) is 12.5 Å². The molecule has 2 atom stereocenters. The Labute approximate surface area is 80.1 Å². The number of hydrogen-bond acceptors (Lipinski definition) is 1. The van der Waals surface area contributed by atoms with E-state index in [0.29, 0.717) is 12.5 Å². The third kappa shape index (κ3) is 1.87. The van der Waals surface area contributed by atoms with Crippen molar-refractivity contribution in [1.29, 1.82) is 0 Å². The Kier molecular flexibility index (Phi) is 2.56. The van der Waals surface area contributed by atoms with Gasteiger partial charge < -0.3 is 5.32 Å². The number of amides is 1. The first-order valence-electron chi connectivity index (χ1n) is 5.62. The van der Waals surface area contributed by atoms with Crippen molar-refractivity contribution in [2.24, 2.45) is 11.8 Å². The third-order valence-corrected chi connectivity index (χ3v) is 3.46. The normalized spacial score (nSPS) is 36.5. The SMILES string of the molecule is CCCC(=O)NC1C2CCCCC21. The van der Waals surface area contributed by atoms with Crippen LogP contribution in [-0.2, 0) is 4.79 Å².